The Balaban J connectivity index is 2.74. The van der Waals surface area contributed by atoms with Crippen molar-refractivity contribution in [2.45, 2.75) is 38.2 Å². The minimum absolute atomic E-state index is 0.0250. The zero-order valence-corrected chi connectivity index (χ0v) is 10.3. The molecule has 0 aliphatic rings. The Hall–Kier alpha value is -0.900. The van der Waals surface area contributed by atoms with Gasteiger partial charge in [0.25, 0.3) is 0 Å². The van der Waals surface area contributed by atoms with E-state index in [1.807, 2.05) is 0 Å². The molecule has 0 aliphatic heterocycles. The van der Waals surface area contributed by atoms with Crippen molar-refractivity contribution in [3.63, 3.8) is 0 Å². The molecule has 1 aromatic rings. The average molecular weight is 228 g/mol. The monoisotopic (exact) mass is 228 g/mol. The highest BCUT2D eigenvalue weighted by Crippen LogP contribution is 2.29. The number of carboxylic acid groups (broad SMARTS) is 1. The van der Waals surface area contributed by atoms with Crippen LogP contribution >= 0.6 is 11.8 Å². The first-order valence-corrected chi connectivity index (χ1v) is 5.75. The molecule has 1 N–H and O–H groups in total. The molecule has 0 spiro atoms. The van der Waals surface area contributed by atoms with Crippen LogP contribution in [0.2, 0.25) is 0 Å². The van der Waals surface area contributed by atoms with Crippen LogP contribution in [0.15, 0.2) is 10.5 Å². The Morgan fingerprint density at radius 2 is 2.13 bits per heavy atom. The summed E-state index contributed by atoms with van der Waals surface area (Å²) in [6, 6.07) is 1.61. The summed E-state index contributed by atoms with van der Waals surface area (Å²) in [6.07, 6.45) is 0. The van der Waals surface area contributed by atoms with Crippen LogP contribution in [-0.4, -0.2) is 15.8 Å². The minimum Gasteiger partial charge on any atom is -0.475 e. The number of aromatic carboxylic acids is 1. The number of hydrogen-bond donors (Lipinski definition) is 1. The van der Waals surface area contributed by atoms with Crippen molar-refractivity contribution >= 4 is 17.7 Å². The van der Waals surface area contributed by atoms with E-state index in [-0.39, 0.29) is 10.5 Å². The molecule has 1 aromatic heterocycles. The van der Waals surface area contributed by atoms with E-state index < -0.39 is 5.97 Å². The van der Waals surface area contributed by atoms with Crippen molar-refractivity contribution in [2.24, 2.45) is 0 Å². The van der Waals surface area contributed by atoms with Crippen molar-refractivity contribution < 1.29 is 14.3 Å². The molecule has 0 radical (unpaired) electrons. The van der Waals surface area contributed by atoms with Crippen molar-refractivity contribution in [2.75, 3.05) is 0 Å². The number of hydrogen-bond acceptors (Lipinski definition) is 3. The van der Waals surface area contributed by atoms with Gasteiger partial charge in [0.1, 0.15) is 5.76 Å². The molecule has 0 aromatic carbocycles. The number of furan rings is 1. The standard InChI is InChI=1S/C11H16O3S/c1-7-8(6-15-11(2,3)4)5-9(14-7)10(12)13/h5H,6H2,1-4H3,(H,12,13). The normalized spacial score (nSPS) is 11.7. The maximum atomic E-state index is 10.7. The van der Waals surface area contributed by atoms with Gasteiger partial charge in [-0.3, -0.25) is 0 Å². The Morgan fingerprint density at radius 1 is 1.53 bits per heavy atom. The lowest BCUT2D eigenvalue weighted by atomic mass is 10.2. The lowest BCUT2D eigenvalue weighted by Crippen LogP contribution is -2.07. The van der Waals surface area contributed by atoms with E-state index in [0.29, 0.717) is 5.76 Å². The number of thioether (sulfide) groups is 1. The maximum Gasteiger partial charge on any atom is 0.371 e. The van der Waals surface area contributed by atoms with Crippen molar-refractivity contribution in [1.29, 1.82) is 0 Å². The molecule has 15 heavy (non-hydrogen) atoms. The second kappa shape index (κ2) is 4.31. The van der Waals surface area contributed by atoms with Gasteiger partial charge in [0.15, 0.2) is 0 Å². The first-order chi connectivity index (χ1) is 6.79. The Labute approximate surface area is 93.9 Å². The Bertz CT molecular complexity index is 360. The zero-order chi connectivity index (χ0) is 11.6. The molecule has 84 valence electrons. The molecular weight excluding hydrogens is 212 g/mol. The number of carbonyl (C=O) groups is 1. The fraction of sp³-hybridized carbons (Fsp3) is 0.545. The summed E-state index contributed by atoms with van der Waals surface area (Å²) < 4.78 is 5.30. The minimum atomic E-state index is -1.01. The lowest BCUT2D eigenvalue weighted by Gasteiger charge is -2.16. The molecule has 0 aliphatic carbocycles. The maximum absolute atomic E-state index is 10.7. The second-order valence-electron chi connectivity index (χ2n) is 4.40. The summed E-state index contributed by atoms with van der Waals surface area (Å²) in [5, 5.41) is 8.75. The third-order valence-electron chi connectivity index (χ3n) is 1.89. The molecule has 3 nitrogen and oxygen atoms in total. The first kappa shape index (κ1) is 12.2. The van der Waals surface area contributed by atoms with Gasteiger partial charge in [0, 0.05) is 16.1 Å². The van der Waals surface area contributed by atoms with E-state index in [1.54, 1.807) is 24.8 Å². The largest absolute Gasteiger partial charge is 0.475 e. The van der Waals surface area contributed by atoms with Gasteiger partial charge in [-0.25, -0.2) is 4.79 Å². The third-order valence-corrected chi connectivity index (χ3v) is 3.21. The van der Waals surface area contributed by atoms with Gasteiger partial charge in [0.2, 0.25) is 5.76 Å². The van der Waals surface area contributed by atoms with Crippen LogP contribution in [-0.2, 0) is 5.75 Å². The van der Waals surface area contributed by atoms with E-state index in [2.05, 4.69) is 20.8 Å². The van der Waals surface area contributed by atoms with Gasteiger partial charge in [-0.1, -0.05) is 20.8 Å². The zero-order valence-electron chi connectivity index (χ0n) is 9.46. The average Bonchev–Trinajstić information content (AvgIpc) is 2.42. The number of carboxylic acids is 1. The second-order valence-corrected chi connectivity index (χ2v) is 6.20. The van der Waals surface area contributed by atoms with Gasteiger partial charge < -0.3 is 9.52 Å². The SMILES string of the molecule is Cc1oc(C(=O)O)cc1CSC(C)(C)C. The summed E-state index contributed by atoms with van der Waals surface area (Å²) >= 11 is 1.77. The summed E-state index contributed by atoms with van der Waals surface area (Å²) in [5.41, 5.74) is 0.965. The number of rotatable bonds is 3. The first-order valence-electron chi connectivity index (χ1n) is 4.76. The third kappa shape index (κ3) is 3.63. The molecule has 0 bridgehead atoms. The fourth-order valence-electron chi connectivity index (χ4n) is 1.06. The summed E-state index contributed by atoms with van der Waals surface area (Å²) in [5.74, 6) is 0.498. The highest BCUT2D eigenvalue weighted by atomic mass is 32.2. The van der Waals surface area contributed by atoms with Crippen molar-refractivity contribution in [3.8, 4) is 0 Å². The fourth-order valence-corrected chi connectivity index (χ4v) is 1.94. The van der Waals surface area contributed by atoms with Crippen LogP contribution in [0.5, 0.6) is 0 Å². The molecule has 0 fully saturated rings. The molecule has 0 atom stereocenters. The van der Waals surface area contributed by atoms with Crippen LogP contribution < -0.4 is 0 Å². The van der Waals surface area contributed by atoms with Gasteiger partial charge in [-0.15, -0.1) is 0 Å². The molecule has 0 amide bonds. The van der Waals surface area contributed by atoms with Crippen molar-refractivity contribution in [1.82, 2.24) is 0 Å². The molecule has 1 heterocycles. The molecule has 4 heteroatoms. The van der Waals surface area contributed by atoms with Crippen LogP contribution in [0.4, 0.5) is 0 Å². The summed E-state index contributed by atoms with van der Waals surface area (Å²) in [4.78, 5) is 10.7. The molecule has 0 saturated carbocycles. The highest BCUT2D eigenvalue weighted by molar-refractivity contribution is 7.99. The van der Waals surface area contributed by atoms with Crippen LogP contribution in [0.1, 0.15) is 42.6 Å². The van der Waals surface area contributed by atoms with Crippen LogP contribution in [0.25, 0.3) is 0 Å². The lowest BCUT2D eigenvalue weighted by molar-refractivity contribution is 0.0661. The topological polar surface area (TPSA) is 50.4 Å². The quantitative estimate of drug-likeness (QED) is 0.862. The Morgan fingerprint density at radius 3 is 2.53 bits per heavy atom. The van der Waals surface area contributed by atoms with Gasteiger partial charge in [-0.2, -0.15) is 11.8 Å². The van der Waals surface area contributed by atoms with E-state index in [0.717, 1.165) is 11.3 Å². The molecular formula is C11H16O3S. The summed E-state index contributed by atoms with van der Waals surface area (Å²) in [7, 11) is 0. The molecule has 1 rings (SSSR count). The number of aryl methyl sites for hydroxylation is 1. The van der Waals surface area contributed by atoms with Gasteiger partial charge >= 0.3 is 5.97 Å². The predicted octanol–water partition coefficient (Wildman–Crippen LogP) is 3.32. The predicted molar refractivity (Wildman–Crippen MR) is 61.5 cm³/mol. The Kier molecular flexibility index (Phi) is 3.50. The van der Waals surface area contributed by atoms with E-state index in [4.69, 9.17) is 9.52 Å². The van der Waals surface area contributed by atoms with Gasteiger partial charge in [-0.05, 0) is 13.0 Å². The van der Waals surface area contributed by atoms with E-state index >= 15 is 0 Å². The highest BCUT2D eigenvalue weighted by Gasteiger charge is 2.16. The van der Waals surface area contributed by atoms with Crippen molar-refractivity contribution in [3.05, 3.63) is 23.2 Å². The van der Waals surface area contributed by atoms with E-state index in [9.17, 15) is 4.79 Å². The van der Waals surface area contributed by atoms with Gasteiger partial charge in [0.05, 0.1) is 0 Å². The molecule has 0 unspecified atom stereocenters. The molecule has 0 saturated heterocycles. The smallest absolute Gasteiger partial charge is 0.371 e. The van der Waals surface area contributed by atoms with Crippen LogP contribution in [0, 0.1) is 6.92 Å². The summed E-state index contributed by atoms with van der Waals surface area (Å²) in [6.45, 7) is 8.19. The van der Waals surface area contributed by atoms with Crippen LogP contribution in [0.3, 0.4) is 0 Å². The van der Waals surface area contributed by atoms with E-state index in [1.165, 1.54) is 0 Å².